The van der Waals surface area contributed by atoms with Gasteiger partial charge in [0.25, 0.3) is 5.56 Å². The maximum absolute atomic E-state index is 12.5. The lowest BCUT2D eigenvalue weighted by Gasteiger charge is -2.15. The Bertz CT molecular complexity index is 1080. The summed E-state index contributed by atoms with van der Waals surface area (Å²) in [4.78, 5) is 28.5. The summed E-state index contributed by atoms with van der Waals surface area (Å²) in [6, 6.07) is 14.8. The minimum absolute atomic E-state index is 0.0628. The Labute approximate surface area is 179 Å². The first kappa shape index (κ1) is 21.9. The van der Waals surface area contributed by atoms with E-state index in [2.05, 4.69) is 4.98 Å². The van der Waals surface area contributed by atoms with Crippen molar-refractivity contribution >= 4 is 28.6 Å². The van der Waals surface area contributed by atoms with Crippen LogP contribution in [0.1, 0.15) is 25.2 Å². The van der Waals surface area contributed by atoms with Crippen LogP contribution in [0.3, 0.4) is 0 Å². The number of nitrogens with zero attached hydrogens (tertiary/aromatic N) is 2. The molecule has 0 aliphatic heterocycles. The summed E-state index contributed by atoms with van der Waals surface area (Å²) in [6.07, 6.45) is 0.978. The van der Waals surface area contributed by atoms with Crippen LogP contribution < -0.4 is 10.3 Å². The summed E-state index contributed by atoms with van der Waals surface area (Å²) in [5.74, 6) is 0.584. The van der Waals surface area contributed by atoms with E-state index in [1.54, 1.807) is 17.7 Å². The van der Waals surface area contributed by atoms with Gasteiger partial charge in [-0.3, -0.25) is 14.2 Å². The standard InChI is InChI=1S/C23H26N2O4S/c1-15(2)30-20(23(27)28)14-16-8-10-17(11-9-16)29-13-12-21-24-19-7-5-4-6-18(19)22(26)25(21)3/h4-11,15,20H,12-14H2,1-3H3,(H,27,28). The molecule has 0 radical (unpaired) electrons. The number of hydrogen-bond acceptors (Lipinski definition) is 5. The highest BCUT2D eigenvalue weighted by Crippen LogP contribution is 2.23. The average Bonchev–Trinajstić information content (AvgIpc) is 2.72. The molecule has 0 amide bonds. The number of aliphatic carboxylic acids is 1. The normalized spacial score (nSPS) is 12.3. The zero-order chi connectivity index (χ0) is 21.7. The molecule has 1 atom stereocenters. The van der Waals surface area contributed by atoms with E-state index in [-0.39, 0.29) is 10.8 Å². The topological polar surface area (TPSA) is 81.4 Å². The van der Waals surface area contributed by atoms with Gasteiger partial charge in [0.05, 0.1) is 17.5 Å². The van der Waals surface area contributed by atoms with Gasteiger partial charge >= 0.3 is 5.97 Å². The quantitative estimate of drug-likeness (QED) is 0.562. The predicted octanol–water partition coefficient (Wildman–Crippen LogP) is 3.69. The van der Waals surface area contributed by atoms with E-state index in [4.69, 9.17) is 4.74 Å². The van der Waals surface area contributed by atoms with Gasteiger partial charge in [-0.15, -0.1) is 11.8 Å². The van der Waals surface area contributed by atoms with Crippen LogP contribution in [0, 0.1) is 0 Å². The lowest BCUT2D eigenvalue weighted by Crippen LogP contribution is -2.23. The second kappa shape index (κ2) is 9.80. The minimum Gasteiger partial charge on any atom is -0.493 e. The van der Waals surface area contributed by atoms with E-state index >= 15 is 0 Å². The molecule has 0 saturated carbocycles. The summed E-state index contributed by atoms with van der Waals surface area (Å²) >= 11 is 1.46. The SMILES string of the molecule is CC(C)SC(Cc1ccc(OCCc2nc3ccccc3c(=O)n2C)cc1)C(=O)O. The van der Waals surface area contributed by atoms with Gasteiger partial charge in [-0.05, 0) is 41.5 Å². The van der Waals surface area contributed by atoms with E-state index < -0.39 is 11.2 Å². The molecule has 0 aliphatic rings. The van der Waals surface area contributed by atoms with Gasteiger partial charge < -0.3 is 9.84 Å². The van der Waals surface area contributed by atoms with Gasteiger partial charge in [-0.2, -0.15) is 0 Å². The molecule has 7 heteroatoms. The van der Waals surface area contributed by atoms with Crippen LogP contribution >= 0.6 is 11.8 Å². The van der Waals surface area contributed by atoms with Gasteiger partial charge in [0.2, 0.25) is 0 Å². The molecule has 0 saturated heterocycles. The van der Waals surface area contributed by atoms with Crippen LogP contribution in [0.5, 0.6) is 5.75 Å². The fourth-order valence-corrected chi connectivity index (χ4v) is 4.27. The first-order valence-electron chi connectivity index (χ1n) is 9.90. The van der Waals surface area contributed by atoms with Gasteiger partial charge in [-0.1, -0.05) is 38.1 Å². The van der Waals surface area contributed by atoms with Crippen LogP contribution in [0.4, 0.5) is 0 Å². The van der Waals surface area contributed by atoms with Crippen LogP contribution in [0.2, 0.25) is 0 Å². The van der Waals surface area contributed by atoms with E-state index in [1.807, 2.05) is 56.3 Å². The Morgan fingerprint density at radius 3 is 2.53 bits per heavy atom. The zero-order valence-electron chi connectivity index (χ0n) is 17.4. The number of thioether (sulfide) groups is 1. The highest BCUT2D eigenvalue weighted by molar-refractivity contribution is 8.01. The number of para-hydroxylation sites is 1. The van der Waals surface area contributed by atoms with Crippen molar-refractivity contribution in [2.75, 3.05) is 6.61 Å². The Kier molecular flexibility index (Phi) is 7.15. The van der Waals surface area contributed by atoms with Crippen molar-refractivity contribution in [1.29, 1.82) is 0 Å². The third kappa shape index (κ3) is 5.42. The number of carbonyl (C=O) groups is 1. The van der Waals surface area contributed by atoms with Gasteiger partial charge in [0, 0.05) is 13.5 Å². The molecule has 3 aromatic rings. The van der Waals surface area contributed by atoms with Crippen molar-refractivity contribution in [3.8, 4) is 5.75 Å². The summed E-state index contributed by atoms with van der Waals surface area (Å²) in [5.41, 5.74) is 1.58. The van der Waals surface area contributed by atoms with Crippen molar-refractivity contribution in [1.82, 2.24) is 9.55 Å². The van der Waals surface area contributed by atoms with Crippen molar-refractivity contribution in [3.05, 3.63) is 70.3 Å². The molecule has 3 rings (SSSR count). The van der Waals surface area contributed by atoms with E-state index in [1.165, 1.54) is 11.8 Å². The van der Waals surface area contributed by atoms with Gasteiger partial charge in [0.1, 0.15) is 16.8 Å². The molecule has 0 fully saturated rings. The Morgan fingerprint density at radius 2 is 1.87 bits per heavy atom. The first-order valence-corrected chi connectivity index (χ1v) is 10.8. The van der Waals surface area contributed by atoms with E-state index in [0.717, 1.165) is 5.56 Å². The largest absolute Gasteiger partial charge is 0.493 e. The number of rotatable bonds is 9. The Morgan fingerprint density at radius 1 is 1.17 bits per heavy atom. The highest BCUT2D eigenvalue weighted by atomic mass is 32.2. The molecular weight excluding hydrogens is 400 g/mol. The lowest BCUT2D eigenvalue weighted by atomic mass is 10.1. The van der Waals surface area contributed by atoms with Gasteiger partial charge in [-0.25, -0.2) is 4.98 Å². The molecule has 0 bridgehead atoms. The number of carboxylic acid groups (broad SMARTS) is 1. The number of ether oxygens (including phenoxy) is 1. The van der Waals surface area contributed by atoms with Crippen LogP contribution in [-0.2, 0) is 24.7 Å². The zero-order valence-corrected chi connectivity index (χ0v) is 18.2. The van der Waals surface area contributed by atoms with Crippen molar-refractivity contribution < 1.29 is 14.6 Å². The predicted molar refractivity (Wildman–Crippen MR) is 120 cm³/mol. The fraction of sp³-hybridized carbons (Fsp3) is 0.348. The third-order valence-electron chi connectivity index (χ3n) is 4.73. The third-order valence-corrected chi connectivity index (χ3v) is 5.97. The molecule has 30 heavy (non-hydrogen) atoms. The minimum atomic E-state index is -0.789. The monoisotopic (exact) mass is 426 g/mol. The average molecular weight is 427 g/mol. The van der Waals surface area contributed by atoms with Crippen molar-refractivity contribution in [2.24, 2.45) is 7.05 Å². The number of hydrogen-bond donors (Lipinski definition) is 1. The summed E-state index contributed by atoms with van der Waals surface area (Å²) in [7, 11) is 1.72. The molecule has 0 spiro atoms. The molecular formula is C23H26N2O4S. The number of aromatic nitrogens is 2. The number of benzene rings is 2. The highest BCUT2D eigenvalue weighted by Gasteiger charge is 2.20. The molecule has 2 aromatic carbocycles. The Balaban J connectivity index is 1.61. The molecule has 1 heterocycles. The maximum atomic E-state index is 12.5. The second-order valence-electron chi connectivity index (χ2n) is 7.37. The molecule has 0 aliphatic carbocycles. The number of fused-ring (bicyclic) bond motifs is 1. The van der Waals surface area contributed by atoms with Crippen molar-refractivity contribution in [2.45, 2.75) is 37.2 Å². The molecule has 6 nitrogen and oxygen atoms in total. The summed E-state index contributed by atoms with van der Waals surface area (Å²) in [5, 5.41) is 9.80. The van der Waals surface area contributed by atoms with Crippen LogP contribution in [0.15, 0.2) is 53.3 Å². The van der Waals surface area contributed by atoms with E-state index in [9.17, 15) is 14.7 Å². The molecule has 1 aromatic heterocycles. The smallest absolute Gasteiger partial charge is 0.316 e. The summed E-state index contributed by atoms with van der Waals surface area (Å²) in [6.45, 7) is 4.38. The molecule has 158 valence electrons. The molecule has 1 unspecified atom stereocenters. The molecule has 1 N–H and O–H groups in total. The number of carboxylic acids is 1. The first-order chi connectivity index (χ1) is 14.3. The maximum Gasteiger partial charge on any atom is 0.316 e. The van der Waals surface area contributed by atoms with Crippen LogP contribution in [-0.4, -0.2) is 37.7 Å². The Hall–Kier alpha value is -2.80. The van der Waals surface area contributed by atoms with Gasteiger partial charge in [0.15, 0.2) is 0 Å². The second-order valence-corrected chi connectivity index (χ2v) is 9.15. The fourth-order valence-electron chi connectivity index (χ4n) is 3.21. The lowest BCUT2D eigenvalue weighted by molar-refractivity contribution is -0.136. The van der Waals surface area contributed by atoms with Crippen molar-refractivity contribution in [3.63, 3.8) is 0 Å². The van der Waals surface area contributed by atoms with E-state index in [0.29, 0.717) is 41.9 Å². The summed E-state index contributed by atoms with van der Waals surface area (Å²) < 4.78 is 7.37. The van der Waals surface area contributed by atoms with Crippen LogP contribution in [0.25, 0.3) is 10.9 Å².